The minimum Gasteiger partial charge on any atom is -0.385 e. The van der Waals surface area contributed by atoms with Crippen molar-refractivity contribution in [1.29, 1.82) is 0 Å². The van der Waals surface area contributed by atoms with Crippen molar-refractivity contribution in [3.63, 3.8) is 0 Å². The van der Waals surface area contributed by atoms with Gasteiger partial charge < -0.3 is 5.11 Å². The maximum atomic E-state index is 12.1. The first-order chi connectivity index (χ1) is 8.95. The summed E-state index contributed by atoms with van der Waals surface area (Å²) in [7, 11) is -2.98. The molecule has 3 nitrogen and oxygen atoms in total. The van der Waals surface area contributed by atoms with Gasteiger partial charge in [-0.15, -0.1) is 0 Å². The fourth-order valence-electron chi connectivity index (χ4n) is 3.56. The second kappa shape index (κ2) is 4.32. The summed E-state index contributed by atoms with van der Waals surface area (Å²) >= 11 is 0. The molecule has 2 aliphatic rings. The van der Waals surface area contributed by atoms with Crippen LogP contribution in [0.3, 0.4) is 0 Å². The molecule has 2 bridgehead atoms. The minimum atomic E-state index is -2.98. The average molecular weight is 280 g/mol. The molecule has 19 heavy (non-hydrogen) atoms. The van der Waals surface area contributed by atoms with Gasteiger partial charge in [0.05, 0.1) is 16.1 Å². The number of sulfone groups is 1. The Morgan fingerprint density at radius 2 is 1.89 bits per heavy atom. The molecule has 1 aromatic carbocycles. The molecule has 2 aliphatic heterocycles. The van der Waals surface area contributed by atoms with E-state index in [0.717, 1.165) is 12.0 Å². The molecular weight excluding hydrogens is 260 g/mol. The summed E-state index contributed by atoms with van der Waals surface area (Å²) in [6, 6.07) is 7.95. The predicted octanol–water partition coefficient (Wildman–Crippen LogP) is 2.18. The first-order valence-corrected chi connectivity index (χ1v) is 8.61. The molecule has 2 saturated heterocycles. The molecule has 3 rings (SSSR count). The molecular formula is C15H20O3S. The van der Waals surface area contributed by atoms with E-state index in [2.05, 4.69) is 6.92 Å². The van der Waals surface area contributed by atoms with E-state index < -0.39 is 15.4 Å². The summed E-state index contributed by atoms with van der Waals surface area (Å²) in [5.74, 6) is 0. The molecule has 0 aromatic heterocycles. The van der Waals surface area contributed by atoms with E-state index in [0.29, 0.717) is 25.7 Å². The Morgan fingerprint density at radius 1 is 1.26 bits per heavy atom. The zero-order valence-electron chi connectivity index (χ0n) is 11.2. The van der Waals surface area contributed by atoms with Gasteiger partial charge in [-0.1, -0.05) is 31.2 Å². The lowest BCUT2D eigenvalue weighted by Crippen LogP contribution is -2.43. The van der Waals surface area contributed by atoms with Gasteiger partial charge in [-0.25, -0.2) is 8.42 Å². The Kier molecular flexibility index (Phi) is 2.98. The first kappa shape index (κ1) is 13.1. The van der Waals surface area contributed by atoms with Crippen LogP contribution in [0.15, 0.2) is 24.3 Å². The standard InChI is InChI=1S/C15H20O3S/c1-2-11-4-3-5-12(8-11)15(16)9-13-6-7-14(10-15)19(13,17)18/h3-5,8,13-14,16H,2,6-7,9-10H2,1H3. The van der Waals surface area contributed by atoms with Gasteiger partial charge in [-0.05, 0) is 43.2 Å². The van der Waals surface area contributed by atoms with E-state index in [9.17, 15) is 13.5 Å². The SMILES string of the molecule is CCc1cccc(C2(O)CC3CCC(C2)S3(=O)=O)c1. The van der Waals surface area contributed by atoms with Crippen LogP contribution in [0, 0.1) is 0 Å². The quantitative estimate of drug-likeness (QED) is 0.903. The highest BCUT2D eigenvalue weighted by atomic mass is 32.2. The lowest BCUT2D eigenvalue weighted by atomic mass is 9.85. The third kappa shape index (κ3) is 2.01. The first-order valence-electron chi connectivity index (χ1n) is 7.00. The van der Waals surface area contributed by atoms with Gasteiger partial charge in [0.15, 0.2) is 9.84 Å². The second-order valence-corrected chi connectivity index (χ2v) is 8.42. The zero-order valence-corrected chi connectivity index (χ0v) is 12.0. The number of hydrogen-bond donors (Lipinski definition) is 1. The maximum absolute atomic E-state index is 12.1. The summed E-state index contributed by atoms with van der Waals surface area (Å²) < 4.78 is 24.2. The van der Waals surface area contributed by atoms with Gasteiger partial charge in [0.1, 0.15) is 0 Å². The molecule has 0 saturated carbocycles. The number of hydrogen-bond acceptors (Lipinski definition) is 3. The van der Waals surface area contributed by atoms with E-state index in [1.165, 1.54) is 5.56 Å². The maximum Gasteiger partial charge on any atom is 0.156 e. The molecule has 2 unspecified atom stereocenters. The largest absolute Gasteiger partial charge is 0.385 e. The third-order valence-electron chi connectivity index (χ3n) is 4.74. The monoisotopic (exact) mass is 280 g/mol. The summed E-state index contributed by atoms with van der Waals surface area (Å²) in [5, 5.41) is 10.2. The molecule has 0 aliphatic carbocycles. The number of benzene rings is 1. The number of aliphatic hydroxyl groups is 1. The highest BCUT2D eigenvalue weighted by Gasteiger charge is 2.53. The second-order valence-electron chi connectivity index (χ2n) is 5.90. The summed E-state index contributed by atoms with van der Waals surface area (Å²) in [5.41, 5.74) is 1.12. The van der Waals surface area contributed by atoms with Crippen LogP contribution in [0.25, 0.3) is 0 Å². The average Bonchev–Trinajstić information content (AvgIpc) is 2.57. The third-order valence-corrected chi connectivity index (χ3v) is 7.41. The van der Waals surface area contributed by atoms with Gasteiger partial charge in [-0.3, -0.25) is 0 Å². The molecule has 104 valence electrons. The van der Waals surface area contributed by atoms with Crippen LogP contribution in [0.2, 0.25) is 0 Å². The highest BCUT2D eigenvalue weighted by Crippen LogP contribution is 2.47. The van der Waals surface area contributed by atoms with Gasteiger partial charge in [0.25, 0.3) is 0 Å². The van der Waals surface area contributed by atoms with E-state index in [-0.39, 0.29) is 10.5 Å². The van der Waals surface area contributed by atoms with Crippen molar-refractivity contribution in [2.75, 3.05) is 0 Å². The lowest BCUT2D eigenvalue weighted by Gasteiger charge is -2.36. The Hall–Kier alpha value is -0.870. The Morgan fingerprint density at radius 3 is 2.47 bits per heavy atom. The van der Waals surface area contributed by atoms with Crippen molar-refractivity contribution >= 4 is 9.84 Å². The van der Waals surface area contributed by atoms with E-state index in [1.54, 1.807) is 0 Å². The Labute approximate surface area is 114 Å². The fraction of sp³-hybridized carbons (Fsp3) is 0.600. The van der Waals surface area contributed by atoms with Crippen LogP contribution in [0.4, 0.5) is 0 Å². The Balaban J connectivity index is 1.97. The van der Waals surface area contributed by atoms with Crippen LogP contribution in [-0.4, -0.2) is 24.0 Å². The highest BCUT2D eigenvalue weighted by molar-refractivity contribution is 7.93. The van der Waals surface area contributed by atoms with Gasteiger partial charge in [0, 0.05) is 0 Å². The molecule has 2 heterocycles. The van der Waals surface area contributed by atoms with Crippen LogP contribution in [0.1, 0.15) is 43.7 Å². The van der Waals surface area contributed by atoms with Crippen molar-refractivity contribution in [3.05, 3.63) is 35.4 Å². The molecule has 0 amide bonds. The van der Waals surface area contributed by atoms with Gasteiger partial charge in [-0.2, -0.15) is 0 Å². The topological polar surface area (TPSA) is 54.4 Å². The van der Waals surface area contributed by atoms with E-state index >= 15 is 0 Å². The van der Waals surface area contributed by atoms with Crippen LogP contribution < -0.4 is 0 Å². The molecule has 4 heteroatoms. The summed E-state index contributed by atoms with van der Waals surface area (Å²) in [6.07, 6.45) is 3.07. The molecule has 1 aromatic rings. The zero-order chi connectivity index (χ0) is 13.7. The van der Waals surface area contributed by atoms with Crippen LogP contribution >= 0.6 is 0 Å². The molecule has 1 N–H and O–H groups in total. The number of aryl methyl sites for hydroxylation is 1. The van der Waals surface area contributed by atoms with Crippen molar-refractivity contribution in [2.45, 2.75) is 55.1 Å². The van der Waals surface area contributed by atoms with E-state index in [4.69, 9.17) is 0 Å². The van der Waals surface area contributed by atoms with Gasteiger partial charge in [0.2, 0.25) is 0 Å². The molecule has 2 fully saturated rings. The Bertz CT molecular complexity index is 571. The minimum absolute atomic E-state index is 0.346. The number of rotatable bonds is 2. The molecule has 0 radical (unpaired) electrons. The number of fused-ring (bicyclic) bond motifs is 2. The normalized spacial score (nSPS) is 36.3. The molecule has 0 spiro atoms. The van der Waals surface area contributed by atoms with Crippen molar-refractivity contribution < 1.29 is 13.5 Å². The van der Waals surface area contributed by atoms with E-state index in [1.807, 2.05) is 24.3 Å². The predicted molar refractivity (Wildman–Crippen MR) is 74.7 cm³/mol. The fourth-order valence-corrected chi connectivity index (χ4v) is 6.05. The lowest BCUT2D eigenvalue weighted by molar-refractivity contribution is 0.0172. The molecule has 2 atom stereocenters. The smallest absolute Gasteiger partial charge is 0.156 e. The van der Waals surface area contributed by atoms with Crippen LogP contribution in [-0.2, 0) is 21.9 Å². The van der Waals surface area contributed by atoms with Gasteiger partial charge >= 0.3 is 0 Å². The summed E-state index contributed by atoms with van der Waals surface area (Å²) in [4.78, 5) is 0. The van der Waals surface area contributed by atoms with Crippen molar-refractivity contribution in [2.24, 2.45) is 0 Å². The van der Waals surface area contributed by atoms with Crippen molar-refractivity contribution in [1.82, 2.24) is 0 Å². The van der Waals surface area contributed by atoms with Crippen molar-refractivity contribution in [3.8, 4) is 0 Å². The summed E-state index contributed by atoms with van der Waals surface area (Å²) in [6.45, 7) is 2.08. The van der Waals surface area contributed by atoms with Crippen LogP contribution in [0.5, 0.6) is 0 Å².